The van der Waals surface area contributed by atoms with Gasteiger partial charge in [0.1, 0.15) is 11.6 Å². The van der Waals surface area contributed by atoms with E-state index in [2.05, 4.69) is 25.9 Å². The molecule has 0 aliphatic rings. The maximum atomic E-state index is 13.5. The molecule has 0 aliphatic heterocycles. The fourth-order valence-corrected chi connectivity index (χ4v) is 2.56. The fraction of sp³-hybridized carbons (Fsp3) is 0.0667. The summed E-state index contributed by atoms with van der Waals surface area (Å²) in [6.07, 6.45) is 0. The summed E-state index contributed by atoms with van der Waals surface area (Å²) in [5.41, 5.74) is 1.56. The second-order valence-electron chi connectivity index (χ2n) is 4.51. The second-order valence-corrected chi connectivity index (χ2v) is 5.37. The van der Waals surface area contributed by atoms with Crippen LogP contribution in [-0.4, -0.2) is 9.97 Å². The summed E-state index contributed by atoms with van der Waals surface area (Å²) in [7, 11) is 0. The molecule has 20 heavy (non-hydrogen) atoms. The number of aryl methyl sites for hydroxylation is 1. The van der Waals surface area contributed by atoms with E-state index in [4.69, 9.17) is 0 Å². The van der Waals surface area contributed by atoms with Crippen LogP contribution in [0.15, 0.2) is 45.7 Å². The van der Waals surface area contributed by atoms with E-state index < -0.39 is 0 Å². The lowest BCUT2D eigenvalue weighted by atomic mass is 10.1. The van der Waals surface area contributed by atoms with Crippen LogP contribution in [0.4, 0.5) is 4.39 Å². The van der Waals surface area contributed by atoms with E-state index in [9.17, 15) is 9.18 Å². The Bertz CT molecular complexity index is 873. The van der Waals surface area contributed by atoms with Crippen LogP contribution >= 0.6 is 15.9 Å². The summed E-state index contributed by atoms with van der Waals surface area (Å²) in [5.74, 6) is 0.118. The molecule has 0 spiro atoms. The summed E-state index contributed by atoms with van der Waals surface area (Å²) in [5, 5.41) is 0.534. The summed E-state index contributed by atoms with van der Waals surface area (Å²) < 4.78 is 14.0. The van der Waals surface area contributed by atoms with Gasteiger partial charge in [-0.25, -0.2) is 9.37 Å². The minimum absolute atomic E-state index is 0.209. The molecule has 2 aromatic carbocycles. The third-order valence-electron chi connectivity index (χ3n) is 3.12. The Morgan fingerprint density at radius 3 is 2.80 bits per heavy atom. The lowest BCUT2D eigenvalue weighted by Crippen LogP contribution is -2.09. The number of H-pyrrole nitrogens is 1. The molecule has 1 aromatic heterocycles. The summed E-state index contributed by atoms with van der Waals surface area (Å²) in [6.45, 7) is 1.67. The van der Waals surface area contributed by atoms with Gasteiger partial charge in [-0.3, -0.25) is 4.79 Å². The van der Waals surface area contributed by atoms with Gasteiger partial charge in [0.25, 0.3) is 5.56 Å². The topological polar surface area (TPSA) is 45.8 Å². The molecule has 0 unspecified atom stereocenters. The monoisotopic (exact) mass is 332 g/mol. The Morgan fingerprint density at radius 1 is 1.25 bits per heavy atom. The highest BCUT2D eigenvalue weighted by Crippen LogP contribution is 2.28. The van der Waals surface area contributed by atoms with Gasteiger partial charge < -0.3 is 4.98 Å². The molecule has 3 nitrogen and oxygen atoms in total. The minimum atomic E-state index is -0.302. The molecule has 1 N–H and O–H groups in total. The molecule has 3 rings (SSSR count). The number of hydrogen-bond acceptors (Lipinski definition) is 2. The predicted octanol–water partition coefficient (Wildman–Crippen LogP) is 3.80. The number of hydrogen-bond donors (Lipinski definition) is 1. The third-order valence-corrected chi connectivity index (χ3v) is 3.77. The molecule has 0 bridgehead atoms. The zero-order valence-electron chi connectivity index (χ0n) is 10.6. The normalized spacial score (nSPS) is 10.9. The number of nitrogens with one attached hydrogen (secondary N) is 1. The van der Waals surface area contributed by atoms with E-state index in [1.165, 1.54) is 6.07 Å². The maximum absolute atomic E-state index is 13.5. The zero-order valence-corrected chi connectivity index (χ0v) is 12.2. The Balaban J connectivity index is 2.30. The number of benzene rings is 2. The van der Waals surface area contributed by atoms with Gasteiger partial charge in [0.05, 0.1) is 10.9 Å². The van der Waals surface area contributed by atoms with Crippen molar-refractivity contribution < 1.29 is 4.39 Å². The highest BCUT2D eigenvalue weighted by Gasteiger charge is 2.11. The van der Waals surface area contributed by atoms with Crippen molar-refractivity contribution >= 4 is 26.8 Å². The van der Waals surface area contributed by atoms with E-state index in [1.807, 2.05) is 6.07 Å². The van der Waals surface area contributed by atoms with Crippen molar-refractivity contribution in [2.24, 2.45) is 0 Å². The van der Waals surface area contributed by atoms with Crippen LogP contribution in [0, 0.1) is 12.7 Å². The fourth-order valence-electron chi connectivity index (χ4n) is 2.05. The molecule has 0 saturated carbocycles. The molecule has 0 radical (unpaired) electrons. The molecule has 1 heterocycles. The molecule has 0 amide bonds. The molecule has 5 heteroatoms. The molecule has 3 aromatic rings. The van der Waals surface area contributed by atoms with Gasteiger partial charge in [-0.15, -0.1) is 0 Å². The third kappa shape index (κ3) is 2.14. The Hall–Kier alpha value is -2.01. The highest BCUT2D eigenvalue weighted by atomic mass is 79.9. The highest BCUT2D eigenvalue weighted by molar-refractivity contribution is 9.10. The first-order chi connectivity index (χ1) is 9.56. The van der Waals surface area contributed by atoms with Crippen LogP contribution in [0.5, 0.6) is 0 Å². The van der Waals surface area contributed by atoms with Crippen LogP contribution in [0.3, 0.4) is 0 Å². The number of aromatic amines is 1. The molecule has 0 fully saturated rings. The number of rotatable bonds is 1. The first-order valence-electron chi connectivity index (χ1n) is 6.01. The molecular weight excluding hydrogens is 323 g/mol. The van der Waals surface area contributed by atoms with Crippen LogP contribution in [0.1, 0.15) is 5.56 Å². The average molecular weight is 333 g/mol. The number of halogens is 2. The van der Waals surface area contributed by atoms with Crippen LogP contribution in [0.25, 0.3) is 22.3 Å². The number of para-hydroxylation sites is 1. The quantitative estimate of drug-likeness (QED) is 0.736. The largest absolute Gasteiger partial charge is 0.306 e. The zero-order chi connectivity index (χ0) is 14.3. The average Bonchev–Trinajstić information content (AvgIpc) is 2.43. The number of nitrogens with zero attached hydrogens (tertiary/aromatic N) is 1. The standard InChI is InChI=1S/C15H10BrFN2O/c1-8-6-10(11(16)7-12(8)17)14-18-13-5-3-2-4-9(13)15(20)19-14/h2-7H,1H3,(H,18,19,20). The second kappa shape index (κ2) is 4.83. The van der Waals surface area contributed by atoms with Gasteiger partial charge in [-0.05, 0) is 52.7 Å². The van der Waals surface area contributed by atoms with Crippen LogP contribution < -0.4 is 5.56 Å². The van der Waals surface area contributed by atoms with Gasteiger partial charge in [-0.2, -0.15) is 0 Å². The van der Waals surface area contributed by atoms with Gasteiger partial charge in [-0.1, -0.05) is 12.1 Å². The molecule has 100 valence electrons. The first kappa shape index (κ1) is 13.0. The molecular formula is C15H10BrFN2O. The molecule has 0 atom stereocenters. The maximum Gasteiger partial charge on any atom is 0.259 e. The number of fused-ring (bicyclic) bond motifs is 1. The molecule has 0 saturated heterocycles. The van der Waals surface area contributed by atoms with E-state index >= 15 is 0 Å². The Labute approximate surface area is 122 Å². The van der Waals surface area contributed by atoms with E-state index in [1.54, 1.807) is 31.2 Å². The SMILES string of the molecule is Cc1cc(-c2nc3ccccc3c(=O)[nH]2)c(Br)cc1F. The van der Waals surface area contributed by atoms with E-state index in [0.717, 1.165) is 0 Å². The summed E-state index contributed by atoms with van der Waals surface area (Å²) in [6, 6.07) is 10.1. The first-order valence-corrected chi connectivity index (χ1v) is 6.80. The lowest BCUT2D eigenvalue weighted by Gasteiger charge is -2.07. The lowest BCUT2D eigenvalue weighted by molar-refractivity contribution is 0.618. The van der Waals surface area contributed by atoms with Crippen molar-refractivity contribution in [1.29, 1.82) is 0 Å². The molecule has 0 aliphatic carbocycles. The van der Waals surface area contributed by atoms with Crippen molar-refractivity contribution in [3.05, 3.63) is 62.6 Å². The van der Waals surface area contributed by atoms with E-state index in [-0.39, 0.29) is 11.4 Å². The van der Waals surface area contributed by atoms with Crippen molar-refractivity contribution in [2.75, 3.05) is 0 Å². The van der Waals surface area contributed by atoms with Crippen molar-refractivity contribution in [3.8, 4) is 11.4 Å². The van der Waals surface area contributed by atoms with Gasteiger partial charge in [0, 0.05) is 10.0 Å². The van der Waals surface area contributed by atoms with Crippen LogP contribution in [-0.2, 0) is 0 Å². The van der Waals surface area contributed by atoms with Crippen LogP contribution in [0.2, 0.25) is 0 Å². The van der Waals surface area contributed by atoms with Gasteiger partial charge in [0.15, 0.2) is 0 Å². The summed E-state index contributed by atoms with van der Waals surface area (Å²) in [4.78, 5) is 19.2. The summed E-state index contributed by atoms with van der Waals surface area (Å²) >= 11 is 3.30. The smallest absolute Gasteiger partial charge is 0.259 e. The Morgan fingerprint density at radius 2 is 2.00 bits per heavy atom. The number of aromatic nitrogens is 2. The predicted molar refractivity (Wildman–Crippen MR) is 80.2 cm³/mol. The minimum Gasteiger partial charge on any atom is -0.306 e. The van der Waals surface area contributed by atoms with Crippen molar-refractivity contribution in [2.45, 2.75) is 6.92 Å². The van der Waals surface area contributed by atoms with Gasteiger partial charge in [0.2, 0.25) is 0 Å². The van der Waals surface area contributed by atoms with Crippen molar-refractivity contribution in [3.63, 3.8) is 0 Å². The van der Waals surface area contributed by atoms with Crippen molar-refractivity contribution in [1.82, 2.24) is 9.97 Å². The van der Waals surface area contributed by atoms with E-state index in [0.29, 0.717) is 32.3 Å². The van der Waals surface area contributed by atoms with Gasteiger partial charge >= 0.3 is 0 Å². The Kier molecular flexibility index (Phi) is 3.14.